The van der Waals surface area contributed by atoms with Crippen molar-refractivity contribution in [1.29, 1.82) is 0 Å². The van der Waals surface area contributed by atoms with Crippen LogP contribution in [-0.2, 0) is 9.47 Å². The third-order valence-corrected chi connectivity index (χ3v) is 4.28. The van der Waals surface area contributed by atoms with Crippen molar-refractivity contribution < 1.29 is 9.47 Å². The van der Waals surface area contributed by atoms with Crippen LogP contribution < -0.4 is 5.73 Å². The molecule has 3 nitrogen and oxygen atoms in total. The molecule has 0 saturated carbocycles. The van der Waals surface area contributed by atoms with E-state index in [1.807, 2.05) is 0 Å². The molecule has 0 aliphatic carbocycles. The average molecular weight is 211 g/mol. The molecule has 3 saturated heterocycles. The molecule has 0 aromatic carbocycles. The van der Waals surface area contributed by atoms with E-state index in [0.29, 0.717) is 24.4 Å². The molecule has 0 amide bonds. The Morgan fingerprint density at radius 2 is 2.07 bits per heavy atom. The van der Waals surface area contributed by atoms with Gasteiger partial charge in [-0.1, -0.05) is 0 Å². The van der Waals surface area contributed by atoms with Crippen molar-refractivity contribution >= 4 is 0 Å². The molecule has 3 heteroatoms. The Kier molecular flexibility index (Phi) is 2.31. The molecule has 3 aliphatic heterocycles. The van der Waals surface area contributed by atoms with Gasteiger partial charge in [0, 0.05) is 5.54 Å². The third kappa shape index (κ3) is 1.71. The van der Waals surface area contributed by atoms with Gasteiger partial charge in [-0.05, 0) is 45.4 Å². The predicted molar refractivity (Wildman–Crippen MR) is 57.6 cm³/mol. The Morgan fingerprint density at radius 1 is 1.20 bits per heavy atom. The van der Waals surface area contributed by atoms with E-state index in [0.717, 1.165) is 19.3 Å². The minimum Gasteiger partial charge on any atom is -0.375 e. The highest BCUT2D eigenvalue weighted by Gasteiger charge is 2.51. The van der Waals surface area contributed by atoms with E-state index in [2.05, 4.69) is 6.92 Å². The van der Waals surface area contributed by atoms with E-state index in [1.54, 1.807) is 0 Å². The fourth-order valence-electron chi connectivity index (χ4n) is 3.51. The van der Waals surface area contributed by atoms with Crippen LogP contribution in [0.5, 0.6) is 0 Å². The van der Waals surface area contributed by atoms with Gasteiger partial charge in [0.25, 0.3) is 0 Å². The zero-order valence-electron chi connectivity index (χ0n) is 9.45. The van der Waals surface area contributed by atoms with Crippen LogP contribution in [0.15, 0.2) is 0 Å². The molecule has 0 spiro atoms. The highest BCUT2D eigenvalue weighted by molar-refractivity contribution is 5.06. The maximum atomic E-state index is 6.46. The van der Waals surface area contributed by atoms with Gasteiger partial charge in [-0.3, -0.25) is 0 Å². The number of hydrogen-bond donors (Lipinski definition) is 1. The van der Waals surface area contributed by atoms with Crippen LogP contribution >= 0.6 is 0 Å². The molecular formula is C12H21NO2. The summed E-state index contributed by atoms with van der Waals surface area (Å²) >= 11 is 0. The highest BCUT2D eigenvalue weighted by Crippen LogP contribution is 2.43. The molecule has 5 atom stereocenters. The van der Waals surface area contributed by atoms with Crippen LogP contribution in [-0.4, -0.2) is 30.0 Å². The molecule has 3 heterocycles. The van der Waals surface area contributed by atoms with Gasteiger partial charge in [0.1, 0.15) is 0 Å². The fourth-order valence-corrected chi connectivity index (χ4v) is 3.51. The van der Waals surface area contributed by atoms with Gasteiger partial charge in [0.2, 0.25) is 0 Å². The summed E-state index contributed by atoms with van der Waals surface area (Å²) in [6.45, 7) is 2.15. The van der Waals surface area contributed by atoms with E-state index in [9.17, 15) is 0 Å². The molecule has 86 valence electrons. The summed E-state index contributed by atoms with van der Waals surface area (Å²) in [6, 6.07) is 0. The smallest absolute Gasteiger partial charge is 0.0761 e. The van der Waals surface area contributed by atoms with Crippen molar-refractivity contribution in [1.82, 2.24) is 0 Å². The lowest BCUT2D eigenvalue weighted by atomic mass is 9.78. The second kappa shape index (κ2) is 3.44. The van der Waals surface area contributed by atoms with Crippen LogP contribution in [0.1, 0.15) is 45.4 Å². The summed E-state index contributed by atoms with van der Waals surface area (Å²) in [5.41, 5.74) is 6.38. The largest absolute Gasteiger partial charge is 0.375 e. The van der Waals surface area contributed by atoms with E-state index < -0.39 is 0 Å². The topological polar surface area (TPSA) is 44.5 Å². The Bertz CT molecular complexity index is 258. The van der Waals surface area contributed by atoms with E-state index in [4.69, 9.17) is 15.2 Å². The minimum atomic E-state index is -0.0857. The second-order valence-corrected chi connectivity index (χ2v) is 5.61. The van der Waals surface area contributed by atoms with E-state index in [1.165, 1.54) is 19.3 Å². The van der Waals surface area contributed by atoms with Gasteiger partial charge < -0.3 is 15.2 Å². The highest BCUT2D eigenvalue weighted by atomic mass is 16.5. The van der Waals surface area contributed by atoms with Gasteiger partial charge >= 0.3 is 0 Å². The molecule has 2 bridgehead atoms. The molecule has 0 aromatic heterocycles. The zero-order chi connectivity index (χ0) is 10.5. The lowest BCUT2D eigenvalue weighted by molar-refractivity contribution is 0.0211. The molecule has 3 fully saturated rings. The van der Waals surface area contributed by atoms with Crippen molar-refractivity contribution in [2.45, 2.75) is 75.4 Å². The van der Waals surface area contributed by atoms with Gasteiger partial charge in [0.15, 0.2) is 0 Å². The summed E-state index contributed by atoms with van der Waals surface area (Å²) in [6.07, 6.45) is 8.35. The first kappa shape index (κ1) is 10.1. The third-order valence-electron chi connectivity index (χ3n) is 4.28. The predicted octanol–water partition coefficient (Wildman–Crippen LogP) is 1.59. The second-order valence-electron chi connectivity index (χ2n) is 5.61. The van der Waals surface area contributed by atoms with Gasteiger partial charge in [-0.15, -0.1) is 0 Å². The Morgan fingerprint density at radius 3 is 2.60 bits per heavy atom. The molecule has 2 N–H and O–H groups in total. The molecule has 5 unspecified atom stereocenters. The summed E-state index contributed by atoms with van der Waals surface area (Å²) in [5.74, 6) is 0. The normalized spacial score (nSPS) is 54.0. The van der Waals surface area contributed by atoms with E-state index in [-0.39, 0.29) is 5.54 Å². The molecule has 0 aromatic rings. The Hall–Kier alpha value is -0.120. The lowest BCUT2D eigenvalue weighted by Gasteiger charge is -2.33. The van der Waals surface area contributed by atoms with Crippen LogP contribution in [0.3, 0.4) is 0 Å². The zero-order valence-corrected chi connectivity index (χ0v) is 9.45. The first-order chi connectivity index (χ1) is 7.16. The maximum absolute atomic E-state index is 6.46. The van der Waals surface area contributed by atoms with Crippen molar-refractivity contribution in [3.05, 3.63) is 0 Å². The lowest BCUT2D eigenvalue weighted by Crippen LogP contribution is -2.50. The van der Waals surface area contributed by atoms with E-state index >= 15 is 0 Å². The SMILES string of the molecule is CC1CCC(CC2(N)CC3CCC2O3)O1. The number of fused-ring (bicyclic) bond motifs is 2. The first-order valence-electron chi connectivity index (χ1n) is 6.25. The maximum Gasteiger partial charge on any atom is 0.0761 e. The minimum absolute atomic E-state index is 0.0857. The average Bonchev–Trinajstić information content (AvgIpc) is 2.81. The fraction of sp³-hybridized carbons (Fsp3) is 1.00. The molecular weight excluding hydrogens is 190 g/mol. The summed E-state index contributed by atoms with van der Waals surface area (Å²) in [5, 5.41) is 0. The quantitative estimate of drug-likeness (QED) is 0.754. The summed E-state index contributed by atoms with van der Waals surface area (Å²) in [7, 11) is 0. The van der Waals surface area contributed by atoms with Gasteiger partial charge in [-0.2, -0.15) is 0 Å². The summed E-state index contributed by atoms with van der Waals surface area (Å²) in [4.78, 5) is 0. The Labute approximate surface area is 91.3 Å². The molecule has 3 aliphatic rings. The van der Waals surface area contributed by atoms with Crippen LogP contribution in [0.25, 0.3) is 0 Å². The van der Waals surface area contributed by atoms with Crippen molar-refractivity contribution in [3.8, 4) is 0 Å². The van der Waals surface area contributed by atoms with Crippen molar-refractivity contribution in [3.63, 3.8) is 0 Å². The number of rotatable bonds is 2. The van der Waals surface area contributed by atoms with Gasteiger partial charge in [-0.25, -0.2) is 0 Å². The number of nitrogens with two attached hydrogens (primary N) is 1. The first-order valence-corrected chi connectivity index (χ1v) is 6.25. The Balaban J connectivity index is 1.63. The molecule has 0 radical (unpaired) electrons. The monoisotopic (exact) mass is 211 g/mol. The standard InChI is InChI=1S/C12H21NO2/c1-8-2-3-9(14-8)6-12(13)7-10-4-5-11(12)15-10/h8-11H,2-7,13H2,1H3. The van der Waals surface area contributed by atoms with Gasteiger partial charge in [0.05, 0.1) is 24.4 Å². The van der Waals surface area contributed by atoms with Crippen LogP contribution in [0.2, 0.25) is 0 Å². The number of hydrogen-bond acceptors (Lipinski definition) is 3. The van der Waals surface area contributed by atoms with Crippen molar-refractivity contribution in [2.24, 2.45) is 5.73 Å². The van der Waals surface area contributed by atoms with Crippen molar-refractivity contribution in [2.75, 3.05) is 0 Å². The molecule has 3 rings (SSSR count). The molecule has 15 heavy (non-hydrogen) atoms. The van der Waals surface area contributed by atoms with Crippen LogP contribution in [0, 0.1) is 0 Å². The summed E-state index contributed by atoms with van der Waals surface area (Å²) < 4.78 is 11.7. The van der Waals surface area contributed by atoms with Crippen LogP contribution in [0.4, 0.5) is 0 Å². The number of ether oxygens (including phenoxy) is 2.